The first kappa shape index (κ1) is 7.74. The number of hydrogen-bond donors (Lipinski definition) is 2. The van der Waals surface area contributed by atoms with E-state index in [-0.39, 0.29) is 0 Å². The SMILES string of the molecule is Nc1ccc2c(c1)NCC2CCl. The summed E-state index contributed by atoms with van der Waals surface area (Å²) in [6.07, 6.45) is 0. The quantitative estimate of drug-likeness (QED) is 0.515. The Hall–Kier alpha value is -0.890. The molecule has 0 radical (unpaired) electrons. The van der Waals surface area contributed by atoms with E-state index >= 15 is 0 Å². The fraction of sp³-hybridized carbons (Fsp3) is 0.333. The van der Waals surface area contributed by atoms with Gasteiger partial charge in [-0.1, -0.05) is 6.07 Å². The number of alkyl halides is 1. The van der Waals surface area contributed by atoms with Crippen LogP contribution in [0.2, 0.25) is 0 Å². The molecule has 0 amide bonds. The number of hydrogen-bond acceptors (Lipinski definition) is 2. The third-order valence-electron chi connectivity index (χ3n) is 2.24. The highest BCUT2D eigenvalue weighted by molar-refractivity contribution is 6.18. The molecule has 3 N–H and O–H groups in total. The van der Waals surface area contributed by atoms with Crippen molar-refractivity contribution in [3.05, 3.63) is 23.8 Å². The Morgan fingerprint density at radius 1 is 1.58 bits per heavy atom. The van der Waals surface area contributed by atoms with Crippen molar-refractivity contribution >= 4 is 23.0 Å². The molecule has 12 heavy (non-hydrogen) atoms. The van der Waals surface area contributed by atoms with E-state index in [0.717, 1.165) is 17.9 Å². The first-order valence-corrected chi connectivity index (χ1v) is 4.54. The van der Waals surface area contributed by atoms with E-state index in [1.807, 2.05) is 12.1 Å². The van der Waals surface area contributed by atoms with E-state index in [9.17, 15) is 0 Å². The van der Waals surface area contributed by atoms with Gasteiger partial charge < -0.3 is 11.1 Å². The molecule has 0 fully saturated rings. The highest BCUT2D eigenvalue weighted by Crippen LogP contribution is 2.33. The molecule has 1 heterocycles. The number of nitrogen functional groups attached to an aromatic ring is 1. The third-order valence-corrected chi connectivity index (χ3v) is 2.61. The Morgan fingerprint density at radius 2 is 2.42 bits per heavy atom. The molecule has 0 aliphatic carbocycles. The predicted octanol–water partition coefficient (Wildman–Crippen LogP) is 2.02. The van der Waals surface area contributed by atoms with E-state index in [2.05, 4.69) is 11.4 Å². The van der Waals surface area contributed by atoms with Crippen molar-refractivity contribution in [2.24, 2.45) is 0 Å². The van der Waals surface area contributed by atoms with Gasteiger partial charge >= 0.3 is 0 Å². The number of rotatable bonds is 1. The van der Waals surface area contributed by atoms with Crippen molar-refractivity contribution in [3.63, 3.8) is 0 Å². The Bertz CT molecular complexity index is 299. The Balaban J connectivity index is 2.40. The van der Waals surface area contributed by atoms with Crippen molar-refractivity contribution in [1.29, 1.82) is 0 Å². The maximum Gasteiger partial charge on any atom is 0.0397 e. The topological polar surface area (TPSA) is 38.0 Å². The number of nitrogens with two attached hydrogens (primary N) is 1. The standard InChI is InChI=1S/C9H11ClN2/c10-4-6-5-12-9-3-7(11)1-2-8(6)9/h1-3,6,12H,4-5,11H2. The van der Waals surface area contributed by atoms with Crippen LogP contribution >= 0.6 is 11.6 Å². The fourth-order valence-electron chi connectivity index (χ4n) is 1.56. The molecule has 0 saturated carbocycles. The smallest absolute Gasteiger partial charge is 0.0397 e. The van der Waals surface area contributed by atoms with Crippen LogP contribution in [0.3, 0.4) is 0 Å². The average Bonchev–Trinajstić information content (AvgIpc) is 2.46. The van der Waals surface area contributed by atoms with Gasteiger partial charge in [0.25, 0.3) is 0 Å². The van der Waals surface area contributed by atoms with E-state index in [1.165, 1.54) is 5.56 Å². The third kappa shape index (κ3) is 1.12. The summed E-state index contributed by atoms with van der Waals surface area (Å²) >= 11 is 5.80. The van der Waals surface area contributed by atoms with E-state index < -0.39 is 0 Å². The van der Waals surface area contributed by atoms with Crippen LogP contribution in [0.25, 0.3) is 0 Å². The molecule has 0 saturated heterocycles. The zero-order chi connectivity index (χ0) is 8.55. The van der Waals surface area contributed by atoms with Crippen LogP contribution in [0.4, 0.5) is 11.4 Å². The lowest BCUT2D eigenvalue weighted by Crippen LogP contribution is -2.02. The van der Waals surface area contributed by atoms with Crippen LogP contribution in [0.15, 0.2) is 18.2 Å². The lowest BCUT2D eigenvalue weighted by atomic mass is 10.0. The monoisotopic (exact) mass is 182 g/mol. The van der Waals surface area contributed by atoms with Crippen LogP contribution in [0, 0.1) is 0 Å². The molecule has 0 aromatic heterocycles. The van der Waals surface area contributed by atoms with Gasteiger partial charge in [-0.05, 0) is 17.7 Å². The molecule has 0 spiro atoms. The molecule has 1 aliphatic heterocycles. The van der Waals surface area contributed by atoms with Crippen LogP contribution in [0.1, 0.15) is 11.5 Å². The lowest BCUT2D eigenvalue weighted by molar-refractivity contribution is 0.862. The van der Waals surface area contributed by atoms with Gasteiger partial charge in [0, 0.05) is 29.7 Å². The summed E-state index contributed by atoms with van der Waals surface area (Å²) in [7, 11) is 0. The van der Waals surface area contributed by atoms with Crippen molar-refractivity contribution in [2.45, 2.75) is 5.92 Å². The average molecular weight is 183 g/mol. The molecule has 64 valence electrons. The van der Waals surface area contributed by atoms with Gasteiger partial charge in [0.05, 0.1) is 0 Å². The Morgan fingerprint density at radius 3 is 3.17 bits per heavy atom. The highest BCUT2D eigenvalue weighted by atomic mass is 35.5. The second-order valence-corrected chi connectivity index (χ2v) is 3.39. The molecular formula is C9H11ClN2. The molecule has 1 aromatic rings. The second-order valence-electron chi connectivity index (χ2n) is 3.08. The molecule has 2 rings (SSSR count). The minimum absolute atomic E-state index is 0.447. The molecule has 2 nitrogen and oxygen atoms in total. The number of halogens is 1. The number of benzene rings is 1. The summed E-state index contributed by atoms with van der Waals surface area (Å²) in [5, 5.41) is 3.28. The molecule has 1 aromatic carbocycles. The van der Waals surface area contributed by atoms with Crippen molar-refractivity contribution in [3.8, 4) is 0 Å². The van der Waals surface area contributed by atoms with E-state index in [1.54, 1.807) is 0 Å². The van der Waals surface area contributed by atoms with Gasteiger partial charge in [0.1, 0.15) is 0 Å². The number of nitrogens with one attached hydrogen (secondary N) is 1. The molecule has 1 aliphatic rings. The minimum atomic E-state index is 0.447. The lowest BCUT2D eigenvalue weighted by Gasteiger charge is -2.04. The maximum atomic E-state index is 5.80. The summed E-state index contributed by atoms with van der Waals surface area (Å²) in [5.41, 5.74) is 8.88. The number of anilines is 2. The van der Waals surface area contributed by atoms with Gasteiger partial charge in [-0.2, -0.15) is 0 Å². The van der Waals surface area contributed by atoms with Gasteiger partial charge in [-0.25, -0.2) is 0 Å². The summed E-state index contributed by atoms with van der Waals surface area (Å²) in [6.45, 7) is 0.933. The maximum absolute atomic E-state index is 5.80. The molecule has 1 unspecified atom stereocenters. The minimum Gasteiger partial charge on any atom is -0.399 e. The van der Waals surface area contributed by atoms with Gasteiger partial charge in [-0.15, -0.1) is 11.6 Å². The summed E-state index contributed by atoms with van der Waals surface area (Å²) in [5.74, 6) is 1.12. The first-order chi connectivity index (χ1) is 5.81. The first-order valence-electron chi connectivity index (χ1n) is 4.00. The van der Waals surface area contributed by atoms with E-state index in [4.69, 9.17) is 17.3 Å². The number of fused-ring (bicyclic) bond motifs is 1. The largest absolute Gasteiger partial charge is 0.399 e. The van der Waals surface area contributed by atoms with Gasteiger partial charge in [0.15, 0.2) is 0 Å². The zero-order valence-corrected chi connectivity index (χ0v) is 7.43. The normalized spacial score (nSPS) is 20.2. The van der Waals surface area contributed by atoms with Crippen LogP contribution in [-0.4, -0.2) is 12.4 Å². The molecule has 0 bridgehead atoms. The van der Waals surface area contributed by atoms with Crippen molar-refractivity contribution in [2.75, 3.05) is 23.5 Å². The second kappa shape index (κ2) is 2.87. The Kier molecular flexibility index (Phi) is 1.85. The van der Waals surface area contributed by atoms with Crippen LogP contribution < -0.4 is 11.1 Å². The Labute approximate surface area is 76.7 Å². The van der Waals surface area contributed by atoms with E-state index in [0.29, 0.717) is 11.8 Å². The zero-order valence-electron chi connectivity index (χ0n) is 6.68. The molecule has 3 heteroatoms. The molecule has 1 atom stereocenters. The van der Waals surface area contributed by atoms with Crippen LogP contribution in [0.5, 0.6) is 0 Å². The van der Waals surface area contributed by atoms with Gasteiger partial charge in [0.2, 0.25) is 0 Å². The van der Waals surface area contributed by atoms with Crippen LogP contribution in [-0.2, 0) is 0 Å². The summed E-state index contributed by atoms with van der Waals surface area (Å²) < 4.78 is 0. The predicted molar refractivity (Wildman–Crippen MR) is 52.8 cm³/mol. The summed E-state index contributed by atoms with van der Waals surface area (Å²) in [6, 6.07) is 5.94. The van der Waals surface area contributed by atoms with Gasteiger partial charge in [-0.3, -0.25) is 0 Å². The molecular weight excluding hydrogens is 172 g/mol. The van der Waals surface area contributed by atoms with Crippen molar-refractivity contribution < 1.29 is 0 Å². The summed E-state index contributed by atoms with van der Waals surface area (Å²) in [4.78, 5) is 0. The van der Waals surface area contributed by atoms with Crippen molar-refractivity contribution in [1.82, 2.24) is 0 Å². The highest BCUT2D eigenvalue weighted by Gasteiger charge is 2.20. The fourth-order valence-corrected chi connectivity index (χ4v) is 1.84.